The van der Waals surface area contributed by atoms with Crippen LogP contribution in [0.5, 0.6) is 0 Å². The van der Waals surface area contributed by atoms with Crippen molar-refractivity contribution in [1.82, 2.24) is 15.0 Å². The second-order valence-corrected chi connectivity index (χ2v) is 4.83. The first kappa shape index (κ1) is 13.1. The van der Waals surface area contributed by atoms with Crippen molar-refractivity contribution in [2.45, 2.75) is 58.4 Å². The van der Waals surface area contributed by atoms with Crippen LogP contribution in [0.25, 0.3) is 0 Å². The third-order valence-electron chi connectivity index (χ3n) is 3.57. The molecule has 100 valence electrons. The van der Waals surface area contributed by atoms with Crippen LogP contribution in [0, 0.1) is 6.92 Å². The van der Waals surface area contributed by atoms with E-state index in [1.54, 1.807) is 6.92 Å². The molecule has 1 aliphatic carbocycles. The lowest BCUT2D eigenvalue weighted by Crippen LogP contribution is -2.13. The van der Waals surface area contributed by atoms with Crippen LogP contribution in [0.2, 0.25) is 0 Å². The molecule has 1 heterocycles. The molecule has 0 amide bonds. The third kappa shape index (κ3) is 2.71. The molecule has 0 radical (unpaired) electrons. The van der Waals surface area contributed by atoms with Gasteiger partial charge in [-0.25, -0.2) is 9.48 Å². The average Bonchev–Trinajstić information content (AvgIpc) is 2.59. The van der Waals surface area contributed by atoms with Crippen molar-refractivity contribution >= 4 is 5.97 Å². The summed E-state index contributed by atoms with van der Waals surface area (Å²) < 4.78 is 6.89. The number of nitrogens with zero attached hydrogens (tertiary/aromatic N) is 3. The summed E-state index contributed by atoms with van der Waals surface area (Å²) in [6.45, 7) is 4.06. The van der Waals surface area contributed by atoms with Crippen LogP contribution in [0.4, 0.5) is 0 Å². The summed E-state index contributed by atoms with van der Waals surface area (Å²) in [5.41, 5.74) is 1.20. The largest absolute Gasteiger partial charge is 0.461 e. The number of aromatic nitrogens is 3. The second kappa shape index (κ2) is 5.98. The molecule has 5 heteroatoms. The summed E-state index contributed by atoms with van der Waals surface area (Å²) in [5.74, 6) is -0.366. The van der Waals surface area contributed by atoms with Gasteiger partial charge in [0.1, 0.15) is 0 Å². The molecule has 1 fully saturated rings. The van der Waals surface area contributed by atoms with Crippen molar-refractivity contribution in [3.8, 4) is 0 Å². The molecule has 0 N–H and O–H groups in total. The molecule has 0 aromatic carbocycles. The fourth-order valence-electron chi connectivity index (χ4n) is 2.58. The minimum Gasteiger partial charge on any atom is -0.461 e. The Labute approximate surface area is 108 Å². The zero-order chi connectivity index (χ0) is 13.0. The third-order valence-corrected chi connectivity index (χ3v) is 3.57. The smallest absolute Gasteiger partial charge is 0.360 e. The van der Waals surface area contributed by atoms with Crippen LogP contribution in [0.3, 0.4) is 0 Å². The van der Waals surface area contributed by atoms with E-state index >= 15 is 0 Å². The molecule has 0 unspecified atom stereocenters. The number of carbonyl (C=O) groups excluding carboxylic acids is 1. The van der Waals surface area contributed by atoms with E-state index in [1.165, 1.54) is 25.7 Å². The van der Waals surface area contributed by atoms with Gasteiger partial charge in [0.15, 0.2) is 5.69 Å². The Bertz CT molecular complexity index is 406. The quantitative estimate of drug-likeness (QED) is 0.612. The highest BCUT2D eigenvalue weighted by atomic mass is 16.5. The highest BCUT2D eigenvalue weighted by molar-refractivity contribution is 5.88. The summed E-state index contributed by atoms with van der Waals surface area (Å²) in [6, 6.07) is 0.392. The number of ether oxygens (including phenoxy) is 1. The summed E-state index contributed by atoms with van der Waals surface area (Å²) in [5, 5.41) is 8.13. The van der Waals surface area contributed by atoms with Crippen LogP contribution in [0.1, 0.15) is 67.7 Å². The number of esters is 1. The van der Waals surface area contributed by atoms with Crippen molar-refractivity contribution in [2.24, 2.45) is 0 Å². The van der Waals surface area contributed by atoms with Crippen molar-refractivity contribution < 1.29 is 9.53 Å². The highest BCUT2D eigenvalue weighted by Gasteiger charge is 2.22. The zero-order valence-electron chi connectivity index (χ0n) is 11.2. The Balaban J connectivity index is 2.16. The summed E-state index contributed by atoms with van der Waals surface area (Å²) in [4.78, 5) is 11.7. The van der Waals surface area contributed by atoms with Crippen LogP contribution in [-0.4, -0.2) is 27.6 Å². The van der Waals surface area contributed by atoms with Gasteiger partial charge < -0.3 is 4.74 Å². The molecule has 0 spiro atoms. The predicted octanol–water partition coefficient (Wildman–Crippen LogP) is 2.66. The van der Waals surface area contributed by atoms with Gasteiger partial charge in [-0.3, -0.25) is 0 Å². The van der Waals surface area contributed by atoms with Gasteiger partial charge in [0.05, 0.1) is 18.3 Å². The first-order valence-corrected chi connectivity index (χ1v) is 6.83. The fourth-order valence-corrected chi connectivity index (χ4v) is 2.58. The maximum atomic E-state index is 11.7. The SMILES string of the molecule is CCOC(=O)c1nnn(C2CCCCCC2)c1C. The molecule has 0 aliphatic heterocycles. The Morgan fingerprint density at radius 1 is 1.33 bits per heavy atom. The normalized spacial score (nSPS) is 17.4. The van der Waals surface area contributed by atoms with Crippen molar-refractivity contribution in [3.63, 3.8) is 0 Å². The minimum atomic E-state index is -0.366. The van der Waals surface area contributed by atoms with Gasteiger partial charge in [0, 0.05) is 0 Å². The maximum absolute atomic E-state index is 11.7. The van der Waals surface area contributed by atoms with Crippen LogP contribution in [-0.2, 0) is 4.74 Å². The van der Waals surface area contributed by atoms with E-state index in [0.29, 0.717) is 18.3 Å². The summed E-state index contributed by atoms with van der Waals surface area (Å²) in [6.07, 6.45) is 7.33. The van der Waals surface area contributed by atoms with Crippen LogP contribution >= 0.6 is 0 Å². The lowest BCUT2D eigenvalue weighted by molar-refractivity contribution is 0.0518. The minimum absolute atomic E-state index is 0.362. The molecule has 1 saturated carbocycles. The fraction of sp³-hybridized carbons (Fsp3) is 0.769. The molecule has 1 aromatic rings. The van der Waals surface area contributed by atoms with Crippen molar-refractivity contribution in [1.29, 1.82) is 0 Å². The second-order valence-electron chi connectivity index (χ2n) is 4.83. The summed E-state index contributed by atoms with van der Waals surface area (Å²) in [7, 11) is 0. The van der Waals surface area contributed by atoms with Gasteiger partial charge in [0.25, 0.3) is 0 Å². The molecule has 5 nitrogen and oxygen atoms in total. The molecule has 1 aromatic heterocycles. The maximum Gasteiger partial charge on any atom is 0.360 e. The van der Waals surface area contributed by atoms with Gasteiger partial charge in [-0.2, -0.15) is 0 Å². The first-order valence-electron chi connectivity index (χ1n) is 6.83. The number of hydrogen-bond donors (Lipinski definition) is 0. The predicted molar refractivity (Wildman–Crippen MR) is 67.5 cm³/mol. The molecule has 1 aliphatic rings. The van der Waals surface area contributed by atoms with E-state index in [2.05, 4.69) is 10.3 Å². The highest BCUT2D eigenvalue weighted by Crippen LogP contribution is 2.27. The zero-order valence-corrected chi connectivity index (χ0v) is 11.2. The van der Waals surface area contributed by atoms with E-state index in [0.717, 1.165) is 18.5 Å². The van der Waals surface area contributed by atoms with Gasteiger partial charge >= 0.3 is 5.97 Å². The average molecular weight is 251 g/mol. The molecule has 18 heavy (non-hydrogen) atoms. The molecule has 0 atom stereocenters. The van der Waals surface area contributed by atoms with Gasteiger partial charge in [-0.15, -0.1) is 5.10 Å². The Morgan fingerprint density at radius 3 is 2.61 bits per heavy atom. The topological polar surface area (TPSA) is 57.0 Å². The summed E-state index contributed by atoms with van der Waals surface area (Å²) >= 11 is 0. The van der Waals surface area contributed by atoms with Crippen molar-refractivity contribution in [2.75, 3.05) is 6.61 Å². The Morgan fingerprint density at radius 2 is 2.00 bits per heavy atom. The molecular weight excluding hydrogens is 230 g/mol. The number of carbonyl (C=O) groups is 1. The van der Waals surface area contributed by atoms with Crippen molar-refractivity contribution in [3.05, 3.63) is 11.4 Å². The van der Waals surface area contributed by atoms with Gasteiger partial charge in [0.2, 0.25) is 0 Å². The van der Waals surface area contributed by atoms with E-state index < -0.39 is 0 Å². The van der Waals surface area contributed by atoms with E-state index in [4.69, 9.17) is 4.74 Å². The lowest BCUT2D eigenvalue weighted by Gasteiger charge is -2.15. The van der Waals surface area contributed by atoms with Gasteiger partial charge in [-0.05, 0) is 26.7 Å². The van der Waals surface area contributed by atoms with E-state index in [-0.39, 0.29) is 5.97 Å². The molecule has 0 bridgehead atoms. The van der Waals surface area contributed by atoms with Crippen LogP contribution < -0.4 is 0 Å². The first-order chi connectivity index (χ1) is 8.74. The van der Waals surface area contributed by atoms with Crippen LogP contribution in [0.15, 0.2) is 0 Å². The molecule has 0 saturated heterocycles. The molecule has 2 rings (SSSR count). The van der Waals surface area contributed by atoms with Gasteiger partial charge in [-0.1, -0.05) is 30.9 Å². The Kier molecular flexibility index (Phi) is 4.33. The van der Waals surface area contributed by atoms with E-state index in [1.807, 2.05) is 11.6 Å². The van der Waals surface area contributed by atoms with E-state index in [9.17, 15) is 4.79 Å². The number of rotatable bonds is 3. The Hall–Kier alpha value is -1.39. The number of hydrogen-bond acceptors (Lipinski definition) is 4. The lowest BCUT2D eigenvalue weighted by atomic mass is 10.1. The standard InChI is InChI=1S/C13H21N3O2/c1-3-18-13(17)12-10(2)16(15-14-12)11-8-6-4-5-7-9-11/h11H,3-9H2,1-2H3. The molecular formula is C13H21N3O2. The monoisotopic (exact) mass is 251 g/mol.